The second kappa shape index (κ2) is 9.33. The minimum Gasteiger partial charge on any atom is -0.467 e. The number of nitrogens with one attached hydrogen (secondary N) is 1. The number of ether oxygens (including phenoxy) is 1. The lowest BCUT2D eigenvalue weighted by Crippen LogP contribution is -2.41. The van der Waals surface area contributed by atoms with Gasteiger partial charge in [0.25, 0.3) is 5.91 Å². The van der Waals surface area contributed by atoms with E-state index in [2.05, 4.69) is 5.32 Å². The van der Waals surface area contributed by atoms with Gasteiger partial charge >= 0.3 is 5.97 Å². The summed E-state index contributed by atoms with van der Waals surface area (Å²) in [7, 11) is 1.36. The molecule has 0 bridgehead atoms. The summed E-state index contributed by atoms with van der Waals surface area (Å²) in [6, 6.07) is 1.45. The molecule has 1 atom stereocenters. The topological polar surface area (TPSA) is 55.4 Å². The van der Waals surface area contributed by atoms with Crippen molar-refractivity contribution in [2.24, 2.45) is 0 Å². The Morgan fingerprint density at radius 1 is 1.30 bits per heavy atom. The van der Waals surface area contributed by atoms with Crippen LogP contribution < -0.4 is 5.32 Å². The Hall–Kier alpha value is -1.01. The Morgan fingerprint density at radius 3 is 2.74 bits per heavy atom. The Bertz CT molecular complexity index is 516. The fraction of sp³-hybridized carbons (Fsp3) is 0.647. The summed E-state index contributed by atoms with van der Waals surface area (Å²) in [5, 5.41) is 2.84. The molecule has 2 rings (SSSR count). The number of carbonyl (C=O) groups excluding carboxylic acids is 2. The molecule has 4 nitrogen and oxygen atoms in total. The van der Waals surface area contributed by atoms with Gasteiger partial charge in [-0.1, -0.05) is 12.8 Å². The number of methoxy groups -OCH3 is 1. The number of aryl methyl sites for hydroxylation is 2. The first-order valence-corrected chi connectivity index (χ1v) is 10.4. The van der Waals surface area contributed by atoms with Crippen LogP contribution in [-0.2, 0) is 22.4 Å². The van der Waals surface area contributed by atoms with Crippen molar-refractivity contribution in [1.82, 2.24) is 5.32 Å². The summed E-state index contributed by atoms with van der Waals surface area (Å²) >= 11 is 3.23. The van der Waals surface area contributed by atoms with E-state index in [9.17, 15) is 9.59 Å². The van der Waals surface area contributed by atoms with Gasteiger partial charge < -0.3 is 10.1 Å². The van der Waals surface area contributed by atoms with E-state index in [0.717, 1.165) is 23.5 Å². The lowest BCUT2D eigenvalue weighted by atomic mass is 10.00. The second-order valence-corrected chi connectivity index (χ2v) is 7.93. The fourth-order valence-corrected chi connectivity index (χ4v) is 4.44. The Morgan fingerprint density at radius 2 is 2.04 bits per heavy atom. The zero-order chi connectivity index (χ0) is 16.7. The van der Waals surface area contributed by atoms with Crippen molar-refractivity contribution >= 4 is 35.0 Å². The average Bonchev–Trinajstić information content (AvgIpc) is 2.92. The van der Waals surface area contributed by atoms with E-state index in [-0.39, 0.29) is 11.9 Å². The maximum atomic E-state index is 12.5. The predicted molar refractivity (Wildman–Crippen MR) is 96.5 cm³/mol. The van der Waals surface area contributed by atoms with Gasteiger partial charge in [-0.05, 0) is 55.7 Å². The highest BCUT2D eigenvalue weighted by atomic mass is 32.2. The molecule has 1 aliphatic carbocycles. The standard InChI is InChI=1S/C17H25NO3S2/c1-21-17(20)13(9-10-22-2)18-16(19)15-11-12-7-5-3-4-6-8-14(12)23-15/h11,13H,3-10H2,1-2H3,(H,18,19)/t13-/m0/s1. The normalized spacial score (nSPS) is 15.9. The van der Waals surface area contributed by atoms with Gasteiger partial charge in [-0.15, -0.1) is 11.3 Å². The number of hydrogen-bond donors (Lipinski definition) is 1. The molecule has 1 N–H and O–H groups in total. The Balaban J connectivity index is 2.06. The molecule has 6 heteroatoms. The molecule has 0 radical (unpaired) electrons. The zero-order valence-corrected chi connectivity index (χ0v) is 15.5. The number of thiophene rings is 1. The van der Waals surface area contributed by atoms with Crippen molar-refractivity contribution in [3.63, 3.8) is 0 Å². The summed E-state index contributed by atoms with van der Waals surface area (Å²) < 4.78 is 4.80. The van der Waals surface area contributed by atoms with E-state index in [0.29, 0.717) is 6.42 Å². The van der Waals surface area contributed by atoms with Crippen molar-refractivity contribution in [3.05, 3.63) is 21.4 Å². The van der Waals surface area contributed by atoms with E-state index in [4.69, 9.17) is 4.74 Å². The van der Waals surface area contributed by atoms with Crippen LogP contribution in [0.15, 0.2) is 6.07 Å². The van der Waals surface area contributed by atoms with Gasteiger partial charge in [-0.3, -0.25) is 4.79 Å². The molecule has 0 saturated heterocycles. The summed E-state index contributed by atoms with van der Waals surface area (Å²) in [6.07, 6.45) is 9.65. The molecule has 23 heavy (non-hydrogen) atoms. The lowest BCUT2D eigenvalue weighted by molar-refractivity contribution is -0.142. The van der Waals surface area contributed by atoms with E-state index >= 15 is 0 Å². The molecule has 1 amide bonds. The van der Waals surface area contributed by atoms with Crippen LogP contribution in [0.4, 0.5) is 0 Å². The number of thioether (sulfide) groups is 1. The van der Waals surface area contributed by atoms with Crippen LogP contribution >= 0.6 is 23.1 Å². The van der Waals surface area contributed by atoms with Gasteiger partial charge in [-0.25, -0.2) is 4.79 Å². The molecule has 0 saturated carbocycles. The molecular formula is C17H25NO3S2. The van der Waals surface area contributed by atoms with E-state index in [1.807, 2.05) is 12.3 Å². The zero-order valence-electron chi connectivity index (χ0n) is 13.9. The molecule has 0 fully saturated rings. The van der Waals surface area contributed by atoms with Crippen molar-refractivity contribution < 1.29 is 14.3 Å². The van der Waals surface area contributed by atoms with Crippen molar-refractivity contribution in [2.75, 3.05) is 19.1 Å². The Kier molecular flexibility index (Phi) is 7.43. The number of amides is 1. The summed E-state index contributed by atoms with van der Waals surface area (Å²) in [5.41, 5.74) is 1.32. The summed E-state index contributed by atoms with van der Waals surface area (Å²) in [4.78, 5) is 26.4. The first-order chi connectivity index (χ1) is 11.2. The van der Waals surface area contributed by atoms with Crippen molar-refractivity contribution in [1.29, 1.82) is 0 Å². The van der Waals surface area contributed by atoms with Crippen molar-refractivity contribution in [3.8, 4) is 0 Å². The number of carbonyl (C=O) groups is 2. The molecule has 0 unspecified atom stereocenters. The van der Waals surface area contributed by atoms with Crippen LogP contribution in [0.25, 0.3) is 0 Å². The number of esters is 1. The number of fused-ring (bicyclic) bond motifs is 1. The number of hydrogen-bond acceptors (Lipinski definition) is 5. The third-order valence-corrected chi connectivity index (χ3v) is 6.00. The molecule has 1 aliphatic rings. The summed E-state index contributed by atoms with van der Waals surface area (Å²) in [5.74, 6) is 0.279. The molecule has 128 valence electrons. The van der Waals surface area contributed by atoms with E-state index in [1.165, 1.54) is 43.2 Å². The van der Waals surface area contributed by atoms with Gasteiger partial charge in [0.15, 0.2) is 0 Å². The monoisotopic (exact) mass is 355 g/mol. The van der Waals surface area contributed by atoms with Gasteiger partial charge in [0.2, 0.25) is 0 Å². The average molecular weight is 356 g/mol. The molecule has 1 heterocycles. The van der Waals surface area contributed by atoms with Gasteiger partial charge in [0.1, 0.15) is 6.04 Å². The maximum absolute atomic E-state index is 12.5. The largest absolute Gasteiger partial charge is 0.467 e. The third-order valence-electron chi connectivity index (χ3n) is 4.12. The second-order valence-electron chi connectivity index (χ2n) is 5.80. The molecule has 1 aromatic heterocycles. The van der Waals surface area contributed by atoms with Crippen LogP contribution in [0.2, 0.25) is 0 Å². The van der Waals surface area contributed by atoms with E-state index < -0.39 is 6.04 Å². The highest BCUT2D eigenvalue weighted by Gasteiger charge is 2.23. The quantitative estimate of drug-likeness (QED) is 0.794. The van der Waals surface area contributed by atoms with Crippen LogP contribution in [0.5, 0.6) is 0 Å². The van der Waals surface area contributed by atoms with Crippen LogP contribution in [0, 0.1) is 0 Å². The predicted octanol–water partition coefficient (Wildman–Crippen LogP) is 3.43. The lowest BCUT2D eigenvalue weighted by Gasteiger charge is -2.15. The smallest absolute Gasteiger partial charge is 0.328 e. The van der Waals surface area contributed by atoms with Crippen molar-refractivity contribution in [2.45, 2.75) is 51.0 Å². The molecule has 0 spiro atoms. The highest BCUT2D eigenvalue weighted by Crippen LogP contribution is 2.28. The van der Waals surface area contributed by atoms with Gasteiger partial charge in [0.05, 0.1) is 12.0 Å². The minimum atomic E-state index is -0.565. The molecule has 0 aromatic carbocycles. The first-order valence-electron chi connectivity index (χ1n) is 8.15. The van der Waals surface area contributed by atoms with Crippen LogP contribution in [0.3, 0.4) is 0 Å². The van der Waals surface area contributed by atoms with Gasteiger partial charge in [-0.2, -0.15) is 11.8 Å². The number of rotatable bonds is 6. The van der Waals surface area contributed by atoms with Crippen LogP contribution in [-0.4, -0.2) is 37.0 Å². The molecule has 1 aromatic rings. The van der Waals surface area contributed by atoms with Crippen LogP contribution in [0.1, 0.15) is 52.2 Å². The van der Waals surface area contributed by atoms with Gasteiger partial charge in [0, 0.05) is 4.88 Å². The summed E-state index contributed by atoms with van der Waals surface area (Å²) in [6.45, 7) is 0. The first kappa shape index (κ1) is 18.3. The minimum absolute atomic E-state index is 0.154. The Labute approximate surface area is 146 Å². The SMILES string of the molecule is COC(=O)[C@H](CCSC)NC(=O)c1cc2c(s1)CCCCCC2. The molecule has 0 aliphatic heterocycles. The molecular weight excluding hydrogens is 330 g/mol. The highest BCUT2D eigenvalue weighted by molar-refractivity contribution is 7.98. The van der Waals surface area contributed by atoms with E-state index in [1.54, 1.807) is 23.1 Å². The maximum Gasteiger partial charge on any atom is 0.328 e. The third kappa shape index (κ3) is 5.24. The fourth-order valence-electron chi connectivity index (χ4n) is 2.81.